The van der Waals surface area contributed by atoms with E-state index in [0.29, 0.717) is 30.8 Å². The van der Waals surface area contributed by atoms with Gasteiger partial charge in [-0.05, 0) is 45.6 Å². The van der Waals surface area contributed by atoms with Crippen molar-refractivity contribution in [3.8, 4) is 0 Å². The fraction of sp³-hybridized carbons (Fsp3) is 0.579. The molecule has 3 rings (SSSR count). The Morgan fingerprint density at radius 1 is 1.30 bits per heavy atom. The van der Waals surface area contributed by atoms with Gasteiger partial charge >= 0.3 is 6.09 Å². The topological polar surface area (TPSA) is 93.0 Å². The van der Waals surface area contributed by atoms with E-state index in [-0.39, 0.29) is 30.2 Å². The van der Waals surface area contributed by atoms with Crippen LogP contribution in [0.25, 0.3) is 0 Å². The largest absolute Gasteiger partial charge is 0.444 e. The number of nitro groups is 1. The Balaban J connectivity index is 1.57. The van der Waals surface area contributed by atoms with Crippen LogP contribution in [0.15, 0.2) is 18.2 Å². The smallest absolute Gasteiger partial charge is 0.410 e. The minimum absolute atomic E-state index is 0.00287. The molecule has 0 atom stereocenters. The van der Waals surface area contributed by atoms with Gasteiger partial charge in [-0.25, -0.2) is 4.79 Å². The molecule has 0 bridgehead atoms. The van der Waals surface area contributed by atoms with Gasteiger partial charge in [0.25, 0.3) is 11.6 Å². The third kappa shape index (κ3) is 4.20. The number of fused-ring (bicyclic) bond motifs is 1. The molecule has 0 unspecified atom stereocenters. The highest BCUT2D eigenvalue weighted by atomic mass is 16.6. The van der Waals surface area contributed by atoms with Crippen LogP contribution in [0, 0.1) is 16.0 Å². The summed E-state index contributed by atoms with van der Waals surface area (Å²) in [5.74, 6) is 0.115. The van der Waals surface area contributed by atoms with Crippen molar-refractivity contribution in [1.82, 2.24) is 9.80 Å². The fourth-order valence-electron chi connectivity index (χ4n) is 3.63. The minimum Gasteiger partial charge on any atom is -0.444 e. The van der Waals surface area contributed by atoms with E-state index in [4.69, 9.17) is 4.74 Å². The molecule has 0 radical (unpaired) electrons. The highest BCUT2D eigenvalue weighted by Crippen LogP contribution is 2.32. The van der Waals surface area contributed by atoms with E-state index >= 15 is 0 Å². The van der Waals surface area contributed by atoms with Crippen molar-refractivity contribution in [2.45, 2.75) is 45.8 Å². The molecule has 2 heterocycles. The zero-order valence-electron chi connectivity index (χ0n) is 15.9. The first-order chi connectivity index (χ1) is 12.7. The molecule has 27 heavy (non-hydrogen) atoms. The summed E-state index contributed by atoms with van der Waals surface area (Å²) in [4.78, 5) is 38.9. The van der Waals surface area contributed by atoms with Crippen molar-refractivity contribution in [1.29, 1.82) is 0 Å². The lowest BCUT2D eigenvalue weighted by Gasteiger charge is -2.34. The Labute approximate surface area is 158 Å². The first-order valence-corrected chi connectivity index (χ1v) is 9.19. The molecule has 2 aliphatic rings. The van der Waals surface area contributed by atoms with Crippen LogP contribution in [0.5, 0.6) is 0 Å². The summed E-state index contributed by atoms with van der Waals surface area (Å²) in [6.45, 7) is 7.53. The number of ether oxygens (including phenoxy) is 1. The molecule has 0 spiro atoms. The Morgan fingerprint density at radius 2 is 1.96 bits per heavy atom. The van der Waals surface area contributed by atoms with E-state index in [0.717, 1.165) is 12.8 Å². The number of likely N-dealkylation sites (tertiary alicyclic amines) is 1. The summed E-state index contributed by atoms with van der Waals surface area (Å²) < 4.78 is 5.40. The summed E-state index contributed by atoms with van der Waals surface area (Å²) in [6.07, 6.45) is 1.25. The lowest BCUT2D eigenvalue weighted by atomic mass is 9.96. The summed E-state index contributed by atoms with van der Waals surface area (Å²) >= 11 is 0. The third-order valence-electron chi connectivity index (χ3n) is 4.96. The molecule has 0 aromatic heterocycles. The Hall–Kier alpha value is -2.64. The zero-order valence-corrected chi connectivity index (χ0v) is 15.9. The number of hydrogen-bond donors (Lipinski definition) is 0. The summed E-state index contributed by atoms with van der Waals surface area (Å²) in [6, 6.07) is 4.64. The van der Waals surface area contributed by atoms with Crippen LogP contribution in [0.4, 0.5) is 10.5 Å². The predicted molar refractivity (Wildman–Crippen MR) is 98.4 cm³/mol. The van der Waals surface area contributed by atoms with Crippen molar-refractivity contribution in [3.63, 3.8) is 0 Å². The number of nitro benzene ring substituents is 1. The number of carbonyl (C=O) groups is 2. The van der Waals surface area contributed by atoms with E-state index in [1.54, 1.807) is 21.9 Å². The zero-order chi connectivity index (χ0) is 19.8. The Bertz CT molecular complexity index is 763. The lowest BCUT2D eigenvalue weighted by Crippen LogP contribution is -2.43. The highest BCUT2D eigenvalue weighted by Gasteiger charge is 2.35. The van der Waals surface area contributed by atoms with Crippen molar-refractivity contribution in [2.24, 2.45) is 5.92 Å². The monoisotopic (exact) mass is 375 g/mol. The molecule has 1 aromatic rings. The van der Waals surface area contributed by atoms with Gasteiger partial charge in [0.1, 0.15) is 5.60 Å². The van der Waals surface area contributed by atoms with Crippen molar-refractivity contribution >= 4 is 17.7 Å². The maximum Gasteiger partial charge on any atom is 0.410 e. The maximum absolute atomic E-state index is 12.6. The molecule has 146 valence electrons. The van der Waals surface area contributed by atoms with Gasteiger partial charge in [0.05, 0.1) is 22.6 Å². The Morgan fingerprint density at radius 3 is 2.56 bits per heavy atom. The molecule has 2 amide bonds. The van der Waals surface area contributed by atoms with Gasteiger partial charge in [-0.2, -0.15) is 0 Å². The average Bonchev–Trinajstić information content (AvgIpc) is 2.90. The van der Waals surface area contributed by atoms with Crippen LogP contribution < -0.4 is 0 Å². The van der Waals surface area contributed by atoms with Crippen LogP contribution in [-0.4, -0.2) is 52.0 Å². The van der Waals surface area contributed by atoms with E-state index in [1.807, 2.05) is 20.8 Å². The number of carbonyl (C=O) groups excluding carboxylic acids is 2. The van der Waals surface area contributed by atoms with Gasteiger partial charge in [-0.3, -0.25) is 14.9 Å². The predicted octanol–water partition coefficient (Wildman–Crippen LogP) is 3.20. The van der Waals surface area contributed by atoms with Crippen LogP contribution in [0.3, 0.4) is 0 Å². The molecule has 1 saturated heterocycles. The van der Waals surface area contributed by atoms with Gasteiger partial charge in [-0.1, -0.05) is 6.07 Å². The van der Waals surface area contributed by atoms with Crippen LogP contribution in [0.2, 0.25) is 0 Å². The lowest BCUT2D eigenvalue weighted by molar-refractivity contribution is -0.385. The summed E-state index contributed by atoms with van der Waals surface area (Å²) in [5.41, 5.74) is 0.410. The molecule has 1 fully saturated rings. The number of amides is 2. The second-order valence-electron chi connectivity index (χ2n) is 8.16. The molecular weight excluding hydrogens is 350 g/mol. The maximum atomic E-state index is 12.6. The number of nitrogens with zero attached hydrogens (tertiary/aromatic N) is 3. The molecule has 8 nitrogen and oxygen atoms in total. The number of piperidine rings is 1. The number of rotatable bonds is 3. The summed E-state index contributed by atoms with van der Waals surface area (Å²) in [5, 5.41) is 11.2. The van der Waals surface area contributed by atoms with E-state index in [2.05, 4.69) is 0 Å². The third-order valence-corrected chi connectivity index (χ3v) is 4.96. The second kappa shape index (κ2) is 7.17. The van der Waals surface area contributed by atoms with Crippen LogP contribution in [-0.2, 0) is 11.3 Å². The van der Waals surface area contributed by atoms with Gasteiger partial charge < -0.3 is 14.5 Å². The number of benzene rings is 1. The highest BCUT2D eigenvalue weighted by molar-refractivity contribution is 5.99. The van der Waals surface area contributed by atoms with Crippen LogP contribution in [0.1, 0.15) is 49.5 Å². The molecular formula is C19H25N3O5. The molecule has 2 aliphatic heterocycles. The molecule has 0 aliphatic carbocycles. The van der Waals surface area contributed by atoms with Crippen molar-refractivity contribution in [2.75, 3.05) is 19.6 Å². The molecule has 0 N–H and O–H groups in total. The van der Waals surface area contributed by atoms with Crippen molar-refractivity contribution in [3.05, 3.63) is 39.4 Å². The minimum atomic E-state index is -0.517. The molecule has 0 saturated carbocycles. The summed E-state index contributed by atoms with van der Waals surface area (Å²) in [7, 11) is 0. The van der Waals surface area contributed by atoms with E-state index in [9.17, 15) is 19.7 Å². The molecule has 1 aromatic carbocycles. The van der Waals surface area contributed by atoms with Gasteiger partial charge in [0, 0.05) is 25.7 Å². The second-order valence-corrected chi connectivity index (χ2v) is 8.16. The first-order valence-electron chi connectivity index (χ1n) is 9.19. The van der Waals surface area contributed by atoms with Crippen LogP contribution >= 0.6 is 0 Å². The normalized spacial score (nSPS) is 17.8. The number of hydrogen-bond acceptors (Lipinski definition) is 5. The van der Waals surface area contributed by atoms with E-state index < -0.39 is 10.5 Å². The average molecular weight is 375 g/mol. The van der Waals surface area contributed by atoms with Gasteiger partial charge in [-0.15, -0.1) is 0 Å². The van der Waals surface area contributed by atoms with E-state index in [1.165, 1.54) is 6.07 Å². The van der Waals surface area contributed by atoms with Gasteiger partial charge in [0.2, 0.25) is 0 Å². The fourth-order valence-corrected chi connectivity index (χ4v) is 3.63. The standard InChI is InChI=1S/C19H25N3O5/c1-19(2,3)27-18(24)20-9-7-13(8-10-20)11-21-12-15-14(17(21)23)5-4-6-16(15)22(25)26/h4-6,13H,7-12H2,1-3H3. The first kappa shape index (κ1) is 19.1. The SMILES string of the molecule is CC(C)(C)OC(=O)N1CCC(CN2Cc3c(cccc3[N+](=O)[O-])C2=O)CC1. The van der Waals surface area contributed by atoms with Gasteiger partial charge in [0.15, 0.2) is 0 Å². The quantitative estimate of drug-likeness (QED) is 0.597. The molecule has 8 heteroatoms. The van der Waals surface area contributed by atoms with Crippen molar-refractivity contribution < 1.29 is 19.2 Å². The Kier molecular flexibility index (Phi) is 5.08.